The summed E-state index contributed by atoms with van der Waals surface area (Å²) < 4.78 is 0. The average Bonchev–Trinajstić information content (AvgIpc) is 2.77. The molecule has 0 aromatic rings. The van der Waals surface area contributed by atoms with Gasteiger partial charge >= 0.3 is 0 Å². The molecule has 4 nitrogen and oxygen atoms in total. The molecule has 0 aromatic heterocycles. The van der Waals surface area contributed by atoms with E-state index < -0.39 is 0 Å². The lowest BCUT2D eigenvalue weighted by atomic mass is 9.49. The van der Waals surface area contributed by atoms with Crippen molar-refractivity contribution in [2.24, 2.45) is 58.2 Å². The first kappa shape index (κ1) is 21.1. The second kappa shape index (κ2) is 7.25. The summed E-state index contributed by atoms with van der Waals surface area (Å²) in [5.41, 5.74) is -0.104. The lowest BCUT2D eigenvalue weighted by Crippen LogP contribution is -2.63. The molecule has 2 amide bonds. The summed E-state index contributed by atoms with van der Waals surface area (Å²) in [5, 5.41) is 7.31. The Kier molecular flexibility index (Phi) is 4.49. The van der Waals surface area contributed by atoms with Gasteiger partial charge in [0.15, 0.2) is 0 Å². The van der Waals surface area contributed by atoms with Crippen molar-refractivity contribution in [3.8, 4) is 0 Å². The molecule has 0 aromatic carbocycles. The molecule has 2 unspecified atom stereocenters. The van der Waals surface area contributed by atoms with Crippen molar-refractivity contribution in [3.05, 3.63) is 0 Å². The molecule has 0 saturated heterocycles. The van der Waals surface area contributed by atoms with E-state index >= 15 is 0 Å². The molecule has 11 saturated carbocycles. The Balaban J connectivity index is 0.971. The number of carbonyl (C=O) groups is 2. The van der Waals surface area contributed by atoms with E-state index in [1.165, 1.54) is 51.4 Å². The maximum absolute atomic E-state index is 13.8. The van der Waals surface area contributed by atoms with Crippen LogP contribution >= 0.6 is 0 Å². The Bertz CT molecular complexity index is 756. The van der Waals surface area contributed by atoms with Gasteiger partial charge in [-0.15, -0.1) is 0 Å². The van der Waals surface area contributed by atoms with Gasteiger partial charge in [0.2, 0.25) is 11.8 Å². The van der Waals surface area contributed by atoms with Crippen molar-refractivity contribution in [1.29, 1.82) is 0 Å². The van der Waals surface area contributed by atoms with E-state index in [0.717, 1.165) is 86.9 Å². The Morgan fingerprint density at radius 3 is 1.15 bits per heavy atom. The predicted molar refractivity (Wildman–Crippen MR) is 131 cm³/mol. The van der Waals surface area contributed by atoms with Gasteiger partial charge in [0.1, 0.15) is 0 Å². The molecule has 0 spiro atoms. The molecule has 11 fully saturated rings. The highest BCUT2D eigenvalue weighted by atomic mass is 16.2. The van der Waals surface area contributed by atoms with Gasteiger partial charge in [0, 0.05) is 22.9 Å². The van der Waals surface area contributed by atoms with Crippen LogP contribution in [-0.4, -0.2) is 23.9 Å². The summed E-state index contributed by atoms with van der Waals surface area (Å²) in [6.45, 7) is 0. The standard InChI is InChI=1S/C30H44N2O2/c33-27(29-11-18-3-19(12-29)5-20(4-18)13-29)31-25-9-17-1-2-24(25)26(10-17)32-28(34)30-14-21-6-22(15-30)8-23(7-21)16-30/h17-26H,1-16H2,(H,31,33)(H,32,34). The zero-order valence-corrected chi connectivity index (χ0v) is 20.9. The number of amides is 2. The number of carbonyl (C=O) groups excluding carboxylic acids is 2. The molecule has 0 heterocycles. The van der Waals surface area contributed by atoms with Crippen LogP contribution in [0.15, 0.2) is 0 Å². The largest absolute Gasteiger partial charge is 0.353 e. The van der Waals surface area contributed by atoms with Crippen LogP contribution in [0.1, 0.15) is 103 Å². The van der Waals surface area contributed by atoms with Crippen molar-refractivity contribution in [2.75, 3.05) is 0 Å². The van der Waals surface area contributed by atoms with Gasteiger partial charge in [-0.3, -0.25) is 9.59 Å². The molecule has 11 rings (SSSR count). The smallest absolute Gasteiger partial charge is 0.226 e. The van der Waals surface area contributed by atoms with Gasteiger partial charge in [-0.05, 0) is 150 Å². The monoisotopic (exact) mass is 464 g/mol. The van der Waals surface area contributed by atoms with Crippen LogP contribution in [0, 0.1) is 58.2 Å². The second-order valence-electron chi connectivity index (χ2n) is 15.1. The fourth-order valence-corrected chi connectivity index (χ4v) is 12.3. The SMILES string of the molecule is O=C(NC1CC2CCC1C(NC(=O)C13CC4CC(CC(C4)C1)C3)C2)C12CC3CC(CC(C3)C1)C2. The molecule has 11 aliphatic carbocycles. The summed E-state index contributed by atoms with van der Waals surface area (Å²) in [7, 11) is 0. The van der Waals surface area contributed by atoms with Gasteiger partial charge < -0.3 is 10.6 Å². The summed E-state index contributed by atoms with van der Waals surface area (Å²) >= 11 is 0. The first-order chi connectivity index (χ1) is 16.5. The molecule has 186 valence electrons. The minimum atomic E-state index is -0.0522. The predicted octanol–water partition coefficient (Wildman–Crippen LogP) is 5.21. The third kappa shape index (κ3) is 3.14. The minimum Gasteiger partial charge on any atom is -0.353 e. The van der Waals surface area contributed by atoms with Crippen LogP contribution in [0.3, 0.4) is 0 Å². The number of hydrogen-bond donors (Lipinski definition) is 2. The Hall–Kier alpha value is -1.06. The van der Waals surface area contributed by atoms with Crippen molar-refractivity contribution >= 4 is 11.8 Å². The zero-order valence-electron chi connectivity index (χ0n) is 20.9. The molecule has 2 N–H and O–H groups in total. The maximum atomic E-state index is 13.8. The molecule has 0 aliphatic heterocycles. The zero-order chi connectivity index (χ0) is 22.7. The van der Waals surface area contributed by atoms with Crippen LogP contribution < -0.4 is 10.6 Å². The topological polar surface area (TPSA) is 58.2 Å². The Morgan fingerprint density at radius 1 is 0.471 bits per heavy atom. The molecular weight excluding hydrogens is 420 g/mol. The van der Waals surface area contributed by atoms with Gasteiger partial charge in [0.05, 0.1) is 0 Å². The normalized spacial score (nSPS) is 56.0. The van der Waals surface area contributed by atoms with Gasteiger partial charge in [-0.1, -0.05) is 0 Å². The average molecular weight is 465 g/mol. The Morgan fingerprint density at radius 2 is 0.824 bits per heavy atom. The van der Waals surface area contributed by atoms with E-state index in [2.05, 4.69) is 10.6 Å². The van der Waals surface area contributed by atoms with Crippen LogP contribution in [0.5, 0.6) is 0 Å². The highest BCUT2D eigenvalue weighted by Gasteiger charge is 2.57. The van der Waals surface area contributed by atoms with Gasteiger partial charge in [-0.2, -0.15) is 0 Å². The van der Waals surface area contributed by atoms with Gasteiger partial charge in [0.25, 0.3) is 0 Å². The van der Waals surface area contributed by atoms with Crippen molar-refractivity contribution < 1.29 is 9.59 Å². The number of fused-ring (bicyclic) bond motifs is 3. The molecule has 2 atom stereocenters. The molecule has 10 bridgehead atoms. The number of hydrogen-bond acceptors (Lipinski definition) is 2. The van der Waals surface area contributed by atoms with E-state index in [4.69, 9.17) is 0 Å². The van der Waals surface area contributed by atoms with Crippen LogP contribution in [0.2, 0.25) is 0 Å². The van der Waals surface area contributed by atoms with Gasteiger partial charge in [-0.25, -0.2) is 0 Å². The van der Waals surface area contributed by atoms with E-state index in [9.17, 15) is 9.59 Å². The molecule has 4 heteroatoms. The highest BCUT2D eigenvalue weighted by Crippen LogP contribution is 2.61. The molecule has 34 heavy (non-hydrogen) atoms. The van der Waals surface area contributed by atoms with E-state index in [1.54, 1.807) is 0 Å². The summed E-state index contributed by atoms with van der Waals surface area (Å²) in [6, 6.07) is 0.573. The number of nitrogens with one attached hydrogen (secondary N) is 2. The third-order valence-electron chi connectivity index (χ3n) is 12.8. The third-order valence-corrected chi connectivity index (χ3v) is 12.8. The first-order valence-electron chi connectivity index (χ1n) is 15.1. The molecular formula is C30H44N2O2. The fraction of sp³-hybridized carbons (Fsp3) is 0.933. The van der Waals surface area contributed by atoms with Crippen LogP contribution in [0.25, 0.3) is 0 Å². The minimum absolute atomic E-state index is 0.0522. The van der Waals surface area contributed by atoms with Crippen LogP contribution in [0.4, 0.5) is 0 Å². The lowest BCUT2D eigenvalue weighted by Gasteiger charge is -2.57. The lowest BCUT2D eigenvalue weighted by molar-refractivity contribution is -0.150. The second-order valence-corrected chi connectivity index (χ2v) is 15.1. The summed E-state index contributed by atoms with van der Waals surface area (Å²) in [4.78, 5) is 27.6. The Labute approximate surface area is 205 Å². The van der Waals surface area contributed by atoms with Crippen LogP contribution in [-0.2, 0) is 9.59 Å². The van der Waals surface area contributed by atoms with Crippen molar-refractivity contribution in [1.82, 2.24) is 10.6 Å². The van der Waals surface area contributed by atoms with E-state index in [-0.39, 0.29) is 22.9 Å². The number of rotatable bonds is 4. The maximum Gasteiger partial charge on any atom is 0.226 e. The first-order valence-corrected chi connectivity index (χ1v) is 15.1. The fourth-order valence-electron chi connectivity index (χ4n) is 12.3. The molecule has 0 radical (unpaired) electrons. The quantitative estimate of drug-likeness (QED) is 0.600. The summed E-state index contributed by atoms with van der Waals surface area (Å²) in [6.07, 6.45) is 20.0. The highest BCUT2D eigenvalue weighted by molar-refractivity contribution is 5.84. The van der Waals surface area contributed by atoms with E-state index in [1.807, 2.05) is 0 Å². The summed E-state index contributed by atoms with van der Waals surface area (Å²) in [5.74, 6) is 6.79. The van der Waals surface area contributed by atoms with Crippen molar-refractivity contribution in [3.63, 3.8) is 0 Å². The van der Waals surface area contributed by atoms with E-state index in [0.29, 0.717) is 23.7 Å². The molecule has 11 aliphatic rings. The van der Waals surface area contributed by atoms with Crippen molar-refractivity contribution in [2.45, 2.75) is 115 Å².